The molecule has 1 aliphatic rings. The molecule has 4 nitrogen and oxygen atoms in total. The van der Waals surface area contributed by atoms with Crippen LogP contribution < -0.4 is 10.6 Å². The Balaban J connectivity index is 2.33. The number of ketones is 1. The van der Waals surface area contributed by atoms with Gasteiger partial charge >= 0.3 is 0 Å². The normalized spacial score (nSPS) is 22.5. The van der Waals surface area contributed by atoms with Gasteiger partial charge in [-0.3, -0.25) is 9.59 Å². The van der Waals surface area contributed by atoms with E-state index < -0.39 is 0 Å². The number of carbonyl (C=O) groups is 2. The van der Waals surface area contributed by atoms with E-state index in [1.807, 2.05) is 6.92 Å². The van der Waals surface area contributed by atoms with Crippen molar-refractivity contribution in [1.29, 1.82) is 0 Å². The van der Waals surface area contributed by atoms with E-state index in [-0.39, 0.29) is 17.7 Å². The number of piperazine rings is 1. The van der Waals surface area contributed by atoms with Gasteiger partial charge < -0.3 is 10.6 Å². The summed E-state index contributed by atoms with van der Waals surface area (Å²) >= 11 is 0. The summed E-state index contributed by atoms with van der Waals surface area (Å²) in [5.41, 5.74) is 0. The van der Waals surface area contributed by atoms with Gasteiger partial charge in [-0.05, 0) is 6.42 Å². The van der Waals surface area contributed by atoms with Crippen LogP contribution in [-0.4, -0.2) is 30.8 Å². The number of nitrogens with one attached hydrogen (secondary N) is 2. The Kier molecular flexibility index (Phi) is 3.89. The van der Waals surface area contributed by atoms with E-state index in [4.69, 9.17) is 0 Å². The van der Waals surface area contributed by atoms with Gasteiger partial charge in [0.15, 0.2) is 0 Å². The fourth-order valence-corrected chi connectivity index (χ4v) is 1.42. The highest BCUT2D eigenvalue weighted by atomic mass is 16.2. The van der Waals surface area contributed by atoms with Crippen molar-refractivity contribution in [2.45, 2.75) is 32.2 Å². The lowest BCUT2D eigenvalue weighted by atomic mass is 10.1. The Morgan fingerprint density at radius 2 is 2.31 bits per heavy atom. The molecule has 1 unspecified atom stereocenters. The highest BCUT2D eigenvalue weighted by molar-refractivity contribution is 5.89. The molecule has 0 radical (unpaired) electrons. The largest absolute Gasteiger partial charge is 0.353 e. The summed E-state index contributed by atoms with van der Waals surface area (Å²) in [6.45, 7) is 3.39. The molecule has 1 rings (SSSR count). The molecule has 1 saturated heterocycles. The fraction of sp³-hybridized carbons (Fsp3) is 0.778. The number of Topliss-reactive ketones (excluding diaryl/α,β-unsaturated/α-hetero) is 1. The van der Waals surface area contributed by atoms with Crippen LogP contribution in [0.25, 0.3) is 0 Å². The van der Waals surface area contributed by atoms with Crippen LogP contribution in [0.2, 0.25) is 0 Å². The lowest BCUT2D eigenvalue weighted by molar-refractivity contribution is -0.128. The molecule has 0 saturated carbocycles. The number of hydrogen-bond acceptors (Lipinski definition) is 3. The Labute approximate surface area is 78.1 Å². The molecule has 0 spiro atoms. The molecule has 74 valence electrons. The van der Waals surface area contributed by atoms with Gasteiger partial charge in [0, 0.05) is 25.9 Å². The van der Waals surface area contributed by atoms with Crippen molar-refractivity contribution >= 4 is 11.7 Å². The summed E-state index contributed by atoms with van der Waals surface area (Å²) < 4.78 is 0. The zero-order chi connectivity index (χ0) is 9.68. The van der Waals surface area contributed by atoms with Gasteiger partial charge in [-0.2, -0.15) is 0 Å². The van der Waals surface area contributed by atoms with Crippen molar-refractivity contribution in [2.75, 3.05) is 13.1 Å². The van der Waals surface area contributed by atoms with Crippen molar-refractivity contribution in [3.63, 3.8) is 0 Å². The highest BCUT2D eigenvalue weighted by Gasteiger charge is 2.23. The molecule has 0 aromatic carbocycles. The second-order valence-corrected chi connectivity index (χ2v) is 3.29. The summed E-state index contributed by atoms with van der Waals surface area (Å²) in [7, 11) is 0. The molecule has 1 atom stereocenters. The Morgan fingerprint density at radius 3 is 2.92 bits per heavy atom. The lowest BCUT2D eigenvalue weighted by Crippen LogP contribution is -2.53. The van der Waals surface area contributed by atoms with E-state index in [2.05, 4.69) is 10.6 Å². The monoisotopic (exact) mass is 184 g/mol. The van der Waals surface area contributed by atoms with Gasteiger partial charge in [-0.25, -0.2) is 0 Å². The van der Waals surface area contributed by atoms with Crippen LogP contribution in [0.1, 0.15) is 26.2 Å². The molecular weight excluding hydrogens is 168 g/mol. The second-order valence-electron chi connectivity index (χ2n) is 3.29. The third kappa shape index (κ3) is 3.14. The van der Waals surface area contributed by atoms with Crippen molar-refractivity contribution in [3.8, 4) is 0 Å². The first-order valence-electron chi connectivity index (χ1n) is 4.77. The van der Waals surface area contributed by atoms with Crippen LogP contribution in [0.15, 0.2) is 0 Å². The van der Waals surface area contributed by atoms with Crippen LogP contribution in [0.3, 0.4) is 0 Å². The Hall–Kier alpha value is -0.900. The van der Waals surface area contributed by atoms with Crippen LogP contribution in [0, 0.1) is 0 Å². The first-order valence-corrected chi connectivity index (χ1v) is 4.77. The predicted molar refractivity (Wildman–Crippen MR) is 49.3 cm³/mol. The van der Waals surface area contributed by atoms with E-state index in [1.54, 1.807) is 0 Å². The van der Waals surface area contributed by atoms with Crippen molar-refractivity contribution < 1.29 is 9.59 Å². The molecule has 2 N–H and O–H groups in total. The SMILES string of the molecule is CCCC(=O)CC1NCCNC1=O. The Bertz CT molecular complexity index is 204. The van der Waals surface area contributed by atoms with Gasteiger partial charge in [0.25, 0.3) is 0 Å². The molecule has 4 heteroatoms. The second kappa shape index (κ2) is 4.97. The first kappa shape index (κ1) is 10.2. The third-order valence-electron chi connectivity index (χ3n) is 2.09. The number of amides is 1. The maximum Gasteiger partial charge on any atom is 0.237 e. The first-order chi connectivity index (χ1) is 6.24. The van der Waals surface area contributed by atoms with Crippen LogP contribution in [0.4, 0.5) is 0 Å². The molecular formula is C9H16N2O2. The Morgan fingerprint density at radius 1 is 1.54 bits per heavy atom. The summed E-state index contributed by atoms with van der Waals surface area (Å²) in [5, 5.41) is 5.75. The quantitative estimate of drug-likeness (QED) is 0.638. The summed E-state index contributed by atoms with van der Waals surface area (Å²) in [4.78, 5) is 22.4. The predicted octanol–water partition coefficient (Wildman–Crippen LogP) is -0.166. The van der Waals surface area contributed by atoms with Gasteiger partial charge in [-0.15, -0.1) is 0 Å². The van der Waals surface area contributed by atoms with Gasteiger partial charge in [0.2, 0.25) is 5.91 Å². The third-order valence-corrected chi connectivity index (χ3v) is 2.09. The molecule has 0 aromatic heterocycles. The molecule has 0 aliphatic carbocycles. The molecule has 1 heterocycles. The van der Waals surface area contributed by atoms with Gasteiger partial charge in [0.05, 0.1) is 6.04 Å². The fourth-order valence-electron chi connectivity index (χ4n) is 1.42. The zero-order valence-electron chi connectivity index (χ0n) is 7.93. The molecule has 13 heavy (non-hydrogen) atoms. The van der Waals surface area contributed by atoms with E-state index in [0.29, 0.717) is 19.4 Å². The van der Waals surface area contributed by atoms with E-state index >= 15 is 0 Å². The standard InChI is InChI=1S/C9H16N2O2/c1-2-3-7(12)6-8-9(13)11-5-4-10-8/h8,10H,2-6H2,1H3,(H,11,13). The van der Waals surface area contributed by atoms with E-state index in [9.17, 15) is 9.59 Å². The van der Waals surface area contributed by atoms with Crippen molar-refractivity contribution in [3.05, 3.63) is 0 Å². The number of rotatable bonds is 4. The molecule has 0 bridgehead atoms. The smallest absolute Gasteiger partial charge is 0.237 e. The number of hydrogen-bond donors (Lipinski definition) is 2. The van der Waals surface area contributed by atoms with Crippen molar-refractivity contribution in [1.82, 2.24) is 10.6 Å². The molecule has 1 amide bonds. The summed E-state index contributed by atoms with van der Waals surface area (Å²) in [6, 6.07) is -0.298. The zero-order valence-corrected chi connectivity index (χ0v) is 7.93. The topological polar surface area (TPSA) is 58.2 Å². The minimum absolute atomic E-state index is 0.0456. The van der Waals surface area contributed by atoms with Crippen LogP contribution in [-0.2, 0) is 9.59 Å². The van der Waals surface area contributed by atoms with E-state index in [0.717, 1.165) is 13.0 Å². The highest BCUT2D eigenvalue weighted by Crippen LogP contribution is 2.01. The maximum atomic E-state index is 11.2. The van der Waals surface area contributed by atoms with Gasteiger partial charge in [0.1, 0.15) is 5.78 Å². The summed E-state index contributed by atoms with van der Waals surface area (Å²) in [6.07, 6.45) is 1.76. The van der Waals surface area contributed by atoms with Crippen LogP contribution >= 0.6 is 0 Å². The van der Waals surface area contributed by atoms with Crippen LogP contribution in [0.5, 0.6) is 0 Å². The van der Waals surface area contributed by atoms with E-state index in [1.165, 1.54) is 0 Å². The number of carbonyl (C=O) groups excluding carboxylic acids is 2. The molecule has 1 fully saturated rings. The average molecular weight is 184 g/mol. The minimum Gasteiger partial charge on any atom is -0.353 e. The summed E-state index contributed by atoms with van der Waals surface area (Å²) in [5.74, 6) is 0.118. The maximum absolute atomic E-state index is 11.2. The molecule has 0 aromatic rings. The lowest BCUT2D eigenvalue weighted by Gasteiger charge is -2.22. The molecule has 1 aliphatic heterocycles. The van der Waals surface area contributed by atoms with Gasteiger partial charge in [-0.1, -0.05) is 6.92 Å². The minimum atomic E-state index is -0.298. The van der Waals surface area contributed by atoms with Crippen molar-refractivity contribution in [2.24, 2.45) is 0 Å². The average Bonchev–Trinajstić information content (AvgIpc) is 2.09.